The summed E-state index contributed by atoms with van der Waals surface area (Å²) >= 11 is 0. The van der Waals surface area contributed by atoms with Gasteiger partial charge in [-0.2, -0.15) is 4.98 Å². The minimum absolute atomic E-state index is 0.183. The van der Waals surface area contributed by atoms with E-state index in [1.54, 1.807) is 6.26 Å². The number of fused-ring (bicyclic) bond motifs is 1. The number of hydrogen-bond donors (Lipinski definition) is 1. The molecule has 1 fully saturated rings. The first-order valence-corrected chi connectivity index (χ1v) is 6.95. The van der Waals surface area contributed by atoms with Gasteiger partial charge in [-0.25, -0.2) is 0 Å². The molecule has 102 valence electrons. The summed E-state index contributed by atoms with van der Waals surface area (Å²) in [7, 11) is 0. The van der Waals surface area contributed by atoms with E-state index in [2.05, 4.69) is 15.5 Å². The minimum atomic E-state index is 0.183. The zero-order valence-electron chi connectivity index (χ0n) is 11.0. The minimum Gasteiger partial charge on any atom is -0.464 e. The van der Waals surface area contributed by atoms with Crippen molar-refractivity contribution in [3.8, 4) is 11.4 Å². The van der Waals surface area contributed by atoms with Crippen LogP contribution in [0.5, 0.6) is 0 Å². The molecule has 1 aromatic carbocycles. The van der Waals surface area contributed by atoms with Crippen LogP contribution in [-0.2, 0) is 0 Å². The van der Waals surface area contributed by atoms with Gasteiger partial charge >= 0.3 is 0 Å². The molecule has 1 atom stereocenters. The first-order valence-electron chi connectivity index (χ1n) is 6.95. The zero-order chi connectivity index (χ0) is 13.4. The van der Waals surface area contributed by atoms with Crippen molar-refractivity contribution < 1.29 is 8.94 Å². The van der Waals surface area contributed by atoms with Gasteiger partial charge in [0.25, 0.3) is 0 Å². The molecule has 4 rings (SSSR count). The van der Waals surface area contributed by atoms with Gasteiger partial charge in [0.2, 0.25) is 11.7 Å². The average Bonchev–Trinajstić information content (AvgIpc) is 3.14. The van der Waals surface area contributed by atoms with E-state index in [0.717, 1.165) is 29.5 Å². The number of nitrogens with zero attached hydrogens (tertiary/aromatic N) is 2. The van der Waals surface area contributed by atoms with Crippen LogP contribution >= 0.6 is 0 Å². The van der Waals surface area contributed by atoms with Crippen LogP contribution in [-0.4, -0.2) is 16.7 Å². The molecule has 1 aliphatic heterocycles. The average molecular weight is 269 g/mol. The summed E-state index contributed by atoms with van der Waals surface area (Å²) < 4.78 is 10.9. The van der Waals surface area contributed by atoms with Gasteiger partial charge in [0.05, 0.1) is 11.6 Å². The summed E-state index contributed by atoms with van der Waals surface area (Å²) in [5, 5.41) is 8.52. The van der Waals surface area contributed by atoms with Crippen LogP contribution < -0.4 is 5.32 Å². The van der Waals surface area contributed by atoms with Gasteiger partial charge in [0.15, 0.2) is 0 Å². The van der Waals surface area contributed by atoms with Crippen molar-refractivity contribution in [1.82, 2.24) is 15.5 Å². The number of nitrogens with one attached hydrogen (secondary N) is 1. The normalized spacial score (nSPS) is 19.5. The summed E-state index contributed by atoms with van der Waals surface area (Å²) in [5.41, 5.74) is 1.72. The Kier molecular flexibility index (Phi) is 2.77. The van der Waals surface area contributed by atoms with Crippen LogP contribution in [0, 0.1) is 0 Å². The van der Waals surface area contributed by atoms with Crippen molar-refractivity contribution in [3.63, 3.8) is 0 Å². The molecule has 3 aromatic rings. The fourth-order valence-electron chi connectivity index (χ4n) is 2.70. The number of aromatic nitrogens is 2. The molecule has 1 N–H and O–H groups in total. The third-order valence-electron chi connectivity index (χ3n) is 3.77. The van der Waals surface area contributed by atoms with E-state index < -0.39 is 0 Å². The molecule has 3 heterocycles. The Labute approximate surface area is 116 Å². The maximum absolute atomic E-state index is 5.52. The molecule has 20 heavy (non-hydrogen) atoms. The monoisotopic (exact) mass is 269 g/mol. The number of hydrogen-bond acceptors (Lipinski definition) is 5. The van der Waals surface area contributed by atoms with Gasteiger partial charge in [-0.3, -0.25) is 0 Å². The lowest BCUT2D eigenvalue weighted by Crippen LogP contribution is -2.26. The molecule has 2 aromatic heterocycles. The Morgan fingerprint density at radius 1 is 1.20 bits per heavy atom. The molecular formula is C15H15N3O2. The van der Waals surface area contributed by atoms with Crippen LogP contribution in [0.2, 0.25) is 0 Å². The molecule has 5 nitrogen and oxygen atoms in total. The highest BCUT2D eigenvalue weighted by atomic mass is 16.5. The predicted octanol–water partition coefficient (Wildman–Crippen LogP) is 3.30. The lowest BCUT2D eigenvalue weighted by molar-refractivity contribution is 0.297. The molecule has 0 radical (unpaired) electrons. The second-order valence-electron chi connectivity index (χ2n) is 5.10. The Morgan fingerprint density at radius 3 is 3.05 bits per heavy atom. The molecular weight excluding hydrogens is 254 g/mol. The van der Waals surface area contributed by atoms with Gasteiger partial charge in [-0.1, -0.05) is 29.8 Å². The van der Waals surface area contributed by atoms with Crippen molar-refractivity contribution in [3.05, 3.63) is 36.4 Å². The van der Waals surface area contributed by atoms with E-state index in [4.69, 9.17) is 8.94 Å². The highest BCUT2D eigenvalue weighted by Crippen LogP contribution is 2.30. The first-order chi connectivity index (χ1) is 9.92. The molecule has 0 saturated carbocycles. The molecule has 0 spiro atoms. The van der Waals surface area contributed by atoms with Crippen LogP contribution in [0.1, 0.15) is 31.2 Å². The lowest BCUT2D eigenvalue weighted by Gasteiger charge is -2.19. The Balaban J connectivity index is 1.70. The van der Waals surface area contributed by atoms with Crippen LogP contribution in [0.25, 0.3) is 22.4 Å². The fraction of sp³-hybridized carbons (Fsp3) is 0.333. The van der Waals surface area contributed by atoms with Crippen molar-refractivity contribution in [2.24, 2.45) is 0 Å². The maximum Gasteiger partial charge on any atom is 0.244 e. The van der Waals surface area contributed by atoms with Crippen LogP contribution in [0.15, 0.2) is 39.5 Å². The summed E-state index contributed by atoms with van der Waals surface area (Å²) in [5.74, 6) is 1.27. The van der Waals surface area contributed by atoms with Crippen molar-refractivity contribution in [1.29, 1.82) is 0 Å². The van der Waals surface area contributed by atoms with E-state index in [1.165, 1.54) is 12.8 Å². The standard InChI is InChI=1S/C15H15N3O2/c1-2-7-13-10(5-1)11(9-19-13)14-17-15(20-18-14)12-6-3-4-8-16-12/h1-2,5,7,9,12,16H,3-4,6,8H2/t12-/m0/s1. The predicted molar refractivity (Wildman–Crippen MR) is 74.1 cm³/mol. The number of benzene rings is 1. The molecule has 0 amide bonds. The van der Waals surface area contributed by atoms with E-state index in [-0.39, 0.29) is 6.04 Å². The molecule has 1 aliphatic rings. The summed E-state index contributed by atoms with van der Waals surface area (Å²) in [6.45, 7) is 1.01. The molecule has 1 saturated heterocycles. The van der Waals surface area contributed by atoms with Gasteiger partial charge in [-0.05, 0) is 25.5 Å². The second kappa shape index (κ2) is 4.76. The van der Waals surface area contributed by atoms with E-state index in [9.17, 15) is 0 Å². The second-order valence-corrected chi connectivity index (χ2v) is 5.10. The highest BCUT2D eigenvalue weighted by molar-refractivity contribution is 5.91. The number of furan rings is 1. The number of piperidine rings is 1. The molecule has 0 bridgehead atoms. The third-order valence-corrected chi connectivity index (χ3v) is 3.77. The maximum atomic E-state index is 5.52. The molecule has 0 unspecified atom stereocenters. The Hall–Kier alpha value is -2.14. The van der Waals surface area contributed by atoms with E-state index >= 15 is 0 Å². The van der Waals surface area contributed by atoms with E-state index in [0.29, 0.717) is 11.7 Å². The topological polar surface area (TPSA) is 64.1 Å². The summed E-state index contributed by atoms with van der Waals surface area (Å²) in [4.78, 5) is 4.53. The van der Waals surface area contributed by atoms with Crippen molar-refractivity contribution in [2.45, 2.75) is 25.3 Å². The zero-order valence-corrected chi connectivity index (χ0v) is 11.0. The Bertz CT molecular complexity index is 725. The third kappa shape index (κ3) is 1.91. The van der Waals surface area contributed by atoms with Crippen molar-refractivity contribution >= 4 is 11.0 Å². The summed E-state index contributed by atoms with van der Waals surface area (Å²) in [6, 6.07) is 8.04. The number of para-hydroxylation sites is 1. The smallest absolute Gasteiger partial charge is 0.244 e. The van der Waals surface area contributed by atoms with Crippen LogP contribution in [0.3, 0.4) is 0 Å². The largest absolute Gasteiger partial charge is 0.464 e. The van der Waals surface area contributed by atoms with Gasteiger partial charge in [-0.15, -0.1) is 0 Å². The SMILES string of the molecule is c1ccc2c(-c3noc([C@@H]4CCCCN4)n3)coc2c1. The van der Waals surface area contributed by atoms with Crippen molar-refractivity contribution in [2.75, 3.05) is 6.54 Å². The molecule has 5 heteroatoms. The number of rotatable bonds is 2. The quantitative estimate of drug-likeness (QED) is 0.773. The first kappa shape index (κ1) is 11.7. The van der Waals surface area contributed by atoms with Gasteiger partial charge in [0.1, 0.15) is 11.8 Å². The Morgan fingerprint density at radius 2 is 2.15 bits per heavy atom. The lowest BCUT2D eigenvalue weighted by atomic mass is 10.1. The van der Waals surface area contributed by atoms with Crippen LogP contribution in [0.4, 0.5) is 0 Å². The molecule has 0 aliphatic carbocycles. The van der Waals surface area contributed by atoms with Gasteiger partial charge in [0, 0.05) is 5.39 Å². The highest BCUT2D eigenvalue weighted by Gasteiger charge is 2.22. The summed E-state index contributed by atoms with van der Waals surface area (Å²) in [6.07, 6.45) is 5.15. The fourth-order valence-corrected chi connectivity index (χ4v) is 2.70. The van der Waals surface area contributed by atoms with E-state index in [1.807, 2.05) is 24.3 Å². The van der Waals surface area contributed by atoms with Gasteiger partial charge < -0.3 is 14.3 Å².